The predicted octanol–water partition coefficient (Wildman–Crippen LogP) is 4.03. The fourth-order valence-electron chi connectivity index (χ4n) is 1.82. The average molecular weight is 282 g/mol. The van der Waals surface area contributed by atoms with Crippen molar-refractivity contribution in [2.24, 2.45) is 0 Å². The van der Waals surface area contributed by atoms with Crippen LogP contribution in [0.25, 0.3) is 0 Å². The summed E-state index contributed by atoms with van der Waals surface area (Å²) >= 11 is 0. The third-order valence-electron chi connectivity index (χ3n) is 2.99. The first kappa shape index (κ1) is 14.7. The smallest absolute Gasteiger partial charge is 0.145 e. The molecule has 0 aromatic heterocycles. The molecule has 0 atom stereocenters. The van der Waals surface area contributed by atoms with Crippen LogP contribution >= 0.6 is 0 Å². The zero-order valence-electron chi connectivity index (χ0n) is 12.2. The summed E-state index contributed by atoms with van der Waals surface area (Å²) in [5.74, 6) is 1.90. The van der Waals surface area contributed by atoms with E-state index in [9.17, 15) is 0 Å². The van der Waals surface area contributed by atoms with Crippen molar-refractivity contribution in [2.75, 3.05) is 12.3 Å². The Kier molecular flexibility index (Phi) is 4.68. The first-order chi connectivity index (χ1) is 10.1. The summed E-state index contributed by atoms with van der Waals surface area (Å²) in [7, 11) is 0. The number of nitrogens with zero attached hydrogens (tertiary/aromatic N) is 1. The molecular formula is C17H18N2O2. The number of nitrogens with two attached hydrogens (primary N) is 1. The molecule has 4 nitrogen and oxygen atoms in total. The Labute approximate surface area is 124 Å². The Hall–Kier alpha value is -2.67. The zero-order chi connectivity index (χ0) is 15.2. The van der Waals surface area contributed by atoms with Gasteiger partial charge in [0.2, 0.25) is 0 Å². The molecule has 0 bridgehead atoms. The zero-order valence-corrected chi connectivity index (χ0v) is 12.2. The lowest BCUT2D eigenvalue weighted by Gasteiger charge is -2.12. The molecule has 2 aromatic rings. The second-order valence-electron chi connectivity index (χ2n) is 4.74. The molecule has 0 aliphatic heterocycles. The van der Waals surface area contributed by atoms with E-state index >= 15 is 0 Å². The van der Waals surface area contributed by atoms with Gasteiger partial charge >= 0.3 is 0 Å². The molecule has 4 heteroatoms. The molecule has 0 amide bonds. The number of anilines is 1. The van der Waals surface area contributed by atoms with Crippen molar-refractivity contribution in [3.05, 3.63) is 47.5 Å². The van der Waals surface area contributed by atoms with Gasteiger partial charge in [0, 0.05) is 6.07 Å². The third-order valence-corrected chi connectivity index (χ3v) is 2.99. The highest BCUT2D eigenvalue weighted by Gasteiger charge is 2.07. The second-order valence-corrected chi connectivity index (χ2v) is 4.74. The fourth-order valence-corrected chi connectivity index (χ4v) is 1.82. The molecule has 0 spiro atoms. The largest absolute Gasteiger partial charge is 0.491 e. The highest BCUT2D eigenvalue weighted by atomic mass is 16.5. The molecule has 0 saturated heterocycles. The van der Waals surface area contributed by atoms with E-state index in [4.69, 9.17) is 20.5 Å². The summed E-state index contributed by atoms with van der Waals surface area (Å²) < 4.78 is 11.4. The number of hydrogen-bond donors (Lipinski definition) is 1. The van der Waals surface area contributed by atoms with E-state index in [1.54, 1.807) is 30.3 Å². The summed E-state index contributed by atoms with van der Waals surface area (Å²) in [5, 5.41) is 8.95. The van der Waals surface area contributed by atoms with Gasteiger partial charge in [0.25, 0.3) is 0 Å². The quantitative estimate of drug-likeness (QED) is 0.841. The number of aryl methyl sites for hydroxylation is 1. The molecule has 0 unspecified atom stereocenters. The first-order valence-corrected chi connectivity index (χ1v) is 6.85. The number of nitrogen functional groups attached to an aromatic ring is 1. The van der Waals surface area contributed by atoms with Crippen molar-refractivity contribution < 1.29 is 9.47 Å². The van der Waals surface area contributed by atoms with Crippen LogP contribution < -0.4 is 15.2 Å². The van der Waals surface area contributed by atoms with E-state index in [2.05, 4.69) is 6.07 Å². The fraction of sp³-hybridized carbons (Fsp3) is 0.235. The Morgan fingerprint density at radius 3 is 2.67 bits per heavy atom. The normalized spacial score (nSPS) is 9.95. The van der Waals surface area contributed by atoms with Crippen molar-refractivity contribution in [1.82, 2.24) is 0 Å². The van der Waals surface area contributed by atoms with Gasteiger partial charge in [0.15, 0.2) is 0 Å². The maximum atomic E-state index is 8.95. The van der Waals surface area contributed by atoms with E-state index < -0.39 is 0 Å². The Morgan fingerprint density at radius 1 is 1.14 bits per heavy atom. The Balaban J connectivity index is 2.25. The maximum Gasteiger partial charge on any atom is 0.145 e. The lowest BCUT2D eigenvalue weighted by atomic mass is 10.1. The molecule has 108 valence electrons. The van der Waals surface area contributed by atoms with Crippen LogP contribution in [-0.4, -0.2) is 6.61 Å². The molecule has 0 aliphatic carbocycles. The van der Waals surface area contributed by atoms with Gasteiger partial charge in [-0.15, -0.1) is 0 Å². The third kappa shape index (κ3) is 3.67. The minimum atomic E-state index is 0.563. The van der Waals surface area contributed by atoms with Crippen LogP contribution in [0.4, 0.5) is 5.69 Å². The number of rotatable bonds is 5. The van der Waals surface area contributed by atoms with E-state index in [1.807, 2.05) is 19.9 Å². The van der Waals surface area contributed by atoms with Gasteiger partial charge in [0.1, 0.15) is 17.2 Å². The minimum absolute atomic E-state index is 0.563. The summed E-state index contributed by atoms with van der Waals surface area (Å²) in [5.41, 5.74) is 7.98. The molecule has 0 fully saturated rings. The average Bonchev–Trinajstić information content (AvgIpc) is 2.50. The molecule has 0 heterocycles. The van der Waals surface area contributed by atoms with Gasteiger partial charge in [-0.3, -0.25) is 0 Å². The number of nitriles is 1. The van der Waals surface area contributed by atoms with Gasteiger partial charge in [-0.25, -0.2) is 0 Å². The molecular weight excluding hydrogens is 264 g/mol. The molecule has 0 saturated carbocycles. The maximum absolute atomic E-state index is 8.95. The Morgan fingerprint density at radius 2 is 1.95 bits per heavy atom. The van der Waals surface area contributed by atoms with Crippen LogP contribution in [0, 0.1) is 18.3 Å². The van der Waals surface area contributed by atoms with E-state index in [1.165, 1.54) is 0 Å². The van der Waals surface area contributed by atoms with E-state index in [-0.39, 0.29) is 0 Å². The monoisotopic (exact) mass is 282 g/mol. The van der Waals surface area contributed by atoms with Crippen LogP contribution in [-0.2, 0) is 0 Å². The first-order valence-electron chi connectivity index (χ1n) is 6.85. The van der Waals surface area contributed by atoms with Crippen molar-refractivity contribution >= 4 is 5.69 Å². The molecule has 21 heavy (non-hydrogen) atoms. The molecule has 0 aliphatic rings. The Bertz CT molecular complexity index is 675. The van der Waals surface area contributed by atoms with Gasteiger partial charge in [-0.05, 0) is 43.2 Å². The molecule has 0 radical (unpaired) electrons. The van der Waals surface area contributed by atoms with E-state index in [0.29, 0.717) is 35.1 Å². The topological polar surface area (TPSA) is 68.3 Å². The SMILES string of the molecule is CCCOc1cc(Oc2cc(C#N)ccc2C)ccc1N. The van der Waals surface area contributed by atoms with Gasteiger partial charge in [-0.2, -0.15) is 5.26 Å². The lowest BCUT2D eigenvalue weighted by Crippen LogP contribution is -1.99. The van der Waals surface area contributed by atoms with Crippen LogP contribution in [0.5, 0.6) is 17.2 Å². The van der Waals surface area contributed by atoms with Crippen molar-refractivity contribution in [3.63, 3.8) is 0 Å². The van der Waals surface area contributed by atoms with Gasteiger partial charge in [-0.1, -0.05) is 13.0 Å². The molecule has 2 N–H and O–H groups in total. The van der Waals surface area contributed by atoms with Gasteiger partial charge < -0.3 is 15.2 Å². The summed E-state index contributed by atoms with van der Waals surface area (Å²) in [4.78, 5) is 0. The van der Waals surface area contributed by atoms with Crippen LogP contribution in [0.2, 0.25) is 0 Å². The summed E-state index contributed by atoms with van der Waals surface area (Å²) in [6, 6.07) is 12.8. The van der Waals surface area contributed by atoms with E-state index in [0.717, 1.165) is 12.0 Å². The van der Waals surface area contributed by atoms with Crippen molar-refractivity contribution in [1.29, 1.82) is 5.26 Å². The number of benzene rings is 2. The van der Waals surface area contributed by atoms with Crippen molar-refractivity contribution in [3.8, 4) is 23.3 Å². The highest BCUT2D eigenvalue weighted by molar-refractivity contribution is 5.56. The van der Waals surface area contributed by atoms with Gasteiger partial charge in [0.05, 0.1) is 23.9 Å². The lowest BCUT2D eigenvalue weighted by molar-refractivity contribution is 0.317. The number of hydrogen-bond acceptors (Lipinski definition) is 4. The summed E-state index contributed by atoms with van der Waals surface area (Å²) in [6.45, 7) is 4.58. The van der Waals surface area contributed by atoms with Crippen LogP contribution in [0.3, 0.4) is 0 Å². The van der Waals surface area contributed by atoms with Crippen LogP contribution in [0.15, 0.2) is 36.4 Å². The summed E-state index contributed by atoms with van der Waals surface area (Å²) in [6.07, 6.45) is 0.911. The second kappa shape index (κ2) is 6.67. The predicted molar refractivity (Wildman–Crippen MR) is 82.6 cm³/mol. The number of ether oxygens (including phenoxy) is 2. The molecule has 2 rings (SSSR count). The standard InChI is InChI=1S/C17H18N2O2/c1-3-8-20-17-10-14(6-7-15(17)19)21-16-9-13(11-18)5-4-12(16)2/h4-7,9-10H,3,8,19H2,1-2H3. The minimum Gasteiger partial charge on any atom is -0.491 e. The van der Waals surface area contributed by atoms with Crippen molar-refractivity contribution in [2.45, 2.75) is 20.3 Å². The van der Waals surface area contributed by atoms with Crippen LogP contribution in [0.1, 0.15) is 24.5 Å². The highest BCUT2D eigenvalue weighted by Crippen LogP contribution is 2.31. The molecule has 2 aromatic carbocycles.